The molecule has 138 valence electrons. The fourth-order valence-corrected chi connectivity index (χ4v) is 3.18. The third-order valence-corrected chi connectivity index (χ3v) is 5.77. The van der Waals surface area contributed by atoms with Gasteiger partial charge in [0.05, 0.1) is 16.8 Å². The highest BCUT2D eigenvalue weighted by molar-refractivity contribution is 6.62. The van der Waals surface area contributed by atoms with E-state index in [4.69, 9.17) is 9.31 Å². The van der Waals surface area contributed by atoms with Gasteiger partial charge in [0, 0.05) is 11.4 Å². The minimum Gasteiger partial charge on any atom is -0.398 e. The van der Waals surface area contributed by atoms with Crippen molar-refractivity contribution in [2.24, 2.45) is 0 Å². The van der Waals surface area contributed by atoms with Gasteiger partial charge in [-0.05, 0) is 71.7 Å². The van der Waals surface area contributed by atoms with Crippen LogP contribution in [0.25, 0.3) is 0 Å². The second-order valence-corrected chi connectivity index (χ2v) is 7.94. The minimum absolute atomic E-state index is 0.213. The van der Waals surface area contributed by atoms with Crippen LogP contribution in [0.4, 0.5) is 10.5 Å². The Morgan fingerprint density at radius 2 is 1.50 bits per heavy atom. The van der Waals surface area contributed by atoms with Crippen LogP contribution in [0, 0.1) is 20.8 Å². The summed E-state index contributed by atoms with van der Waals surface area (Å²) in [5, 5.41) is 2.96. The number of carbonyl (C=O) groups is 1. The molecule has 5 nitrogen and oxygen atoms in total. The normalized spacial score (nSPS) is 18.2. The summed E-state index contributed by atoms with van der Waals surface area (Å²) >= 11 is 0. The van der Waals surface area contributed by atoms with Crippen LogP contribution in [0.2, 0.25) is 0 Å². The molecule has 1 aromatic carbocycles. The molecule has 1 aliphatic heterocycles. The highest BCUT2D eigenvalue weighted by atomic mass is 16.7. The molecular formula is C20H27BN2O3. The van der Waals surface area contributed by atoms with Crippen LogP contribution in [-0.4, -0.2) is 28.9 Å². The smallest absolute Gasteiger partial charge is 0.398 e. The number of hydrogen-bond donors (Lipinski definition) is 1. The van der Waals surface area contributed by atoms with Crippen molar-refractivity contribution in [3.63, 3.8) is 0 Å². The molecule has 0 saturated carbocycles. The fourth-order valence-electron chi connectivity index (χ4n) is 3.18. The lowest BCUT2D eigenvalue weighted by atomic mass is 9.81. The number of benzene rings is 1. The molecule has 1 aliphatic rings. The minimum atomic E-state index is -0.589. The third-order valence-electron chi connectivity index (χ3n) is 5.77. The summed E-state index contributed by atoms with van der Waals surface area (Å²) in [4.78, 5) is 13.0. The summed E-state index contributed by atoms with van der Waals surface area (Å²) in [6, 6.07) is 9.22. The van der Waals surface area contributed by atoms with E-state index in [-0.39, 0.29) is 6.03 Å². The average Bonchev–Trinajstić information content (AvgIpc) is 2.91. The van der Waals surface area contributed by atoms with Crippen molar-refractivity contribution in [2.45, 2.75) is 59.7 Å². The van der Waals surface area contributed by atoms with E-state index in [2.05, 4.69) is 5.32 Å². The van der Waals surface area contributed by atoms with Gasteiger partial charge in [0.1, 0.15) is 0 Å². The summed E-state index contributed by atoms with van der Waals surface area (Å²) in [6.07, 6.45) is 0. The predicted octanol–water partition coefficient (Wildman–Crippen LogP) is 3.79. The van der Waals surface area contributed by atoms with Crippen molar-refractivity contribution < 1.29 is 14.1 Å². The SMILES string of the molecule is Cc1c(C)c(B2OC(C)(C)C(C)(C)O2)n(C(=O)Nc2ccccc2)c1C. The summed E-state index contributed by atoms with van der Waals surface area (Å²) in [7, 11) is -0.589. The van der Waals surface area contributed by atoms with E-state index in [1.165, 1.54) is 0 Å². The zero-order valence-corrected chi connectivity index (χ0v) is 16.6. The van der Waals surface area contributed by atoms with Crippen molar-refractivity contribution in [3.05, 3.63) is 47.2 Å². The molecule has 0 unspecified atom stereocenters. The van der Waals surface area contributed by atoms with Crippen molar-refractivity contribution >= 4 is 24.4 Å². The van der Waals surface area contributed by atoms with E-state index in [0.717, 1.165) is 28.1 Å². The predicted molar refractivity (Wildman–Crippen MR) is 105 cm³/mol. The third kappa shape index (κ3) is 2.97. The number of hydrogen-bond acceptors (Lipinski definition) is 3. The number of aromatic nitrogens is 1. The summed E-state index contributed by atoms with van der Waals surface area (Å²) < 4.78 is 14.1. The van der Waals surface area contributed by atoms with Gasteiger partial charge in [0.25, 0.3) is 0 Å². The Bertz CT molecular complexity index is 824. The lowest BCUT2D eigenvalue weighted by Gasteiger charge is -2.32. The quantitative estimate of drug-likeness (QED) is 0.835. The molecule has 1 aromatic heterocycles. The highest BCUT2D eigenvalue weighted by Crippen LogP contribution is 2.37. The zero-order valence-electron chi connectivity index (χ0n) is 16.6. The molecule has 2 aromatic rings. The molecule has 0 aliphatic carbocycles. The Labute approximate surface area is 155 Å². The Hall–Kier alpha value is -2.05. The van der Waals surface area contributed by atoms with Gasteiger partial charge < -0.3 is 14.6 Å². The molecule has 1 N–H and O–H groups in total. The number of amides is 1. The molecule has 1 fully saturated rings. The van der Waals surface area contributed by atoms with Gasteiger partial charge >= 0.3 is 13.1 Å². The maximum Gasteiger partial charge on any atom is 0.513 e. The molecular weight excluding hydrogens is 327 g/mol. The molecule has 0 bridgehead atoms. The standard InChI is InChI=1S/C20H27BN2O3/c1-13-14(2)17(21-25-19(4,5)20(6,7)26-21)23(15(13)3)18(24)22-16-11-9-8-10-12-16/h8-12H,1-7H3,(H,22,24). The summed E-state index contributed by atoms with van der Waals surface area (Å²) in [6.45, 7) is 14.0. The Balaban J connectivity index is 2.02. The van der Waals surface area contributed by atoms with Gasteiger partial charge in [-0.15, -0.1) is 0 Å². The summed E-state index contributed by atoms with van der Waals surface area (Å²) in [5.74, 6) is 0. The maximum atomic E-state index is 13.0. The number of nitrogens with one attached hydrogen (secondary N) is 1. The molecule has 2 heterocycles. The second kappa shape index (κ2) is 6.29. The molecule has 6 heteroatoms. The number of para-hydroxylation sites is 1. The molecule has 26 heavy (non-hydrogen) atoms. The van der Waals surface area contributed by atoms with Crippen LogP contribution in [0.15, 0.2) is 30.3 Å². The highest BCUT2D eigenvalue weighted by Gasteiger charge is 2.53. The Morgan fingerprint density at radius 1 is 0.962 bits per heavy atom. The van der Waals surface area contributed by atoms with E-state index in [1.807, 2.05) is 78.8 Å². The largest absolute Gasteiger partial charge is 0.513 e. The van der Waals surface area contributed by atoms with E-state index in [0.29, 0.717) is 0 Å². The topological polar surface area (TPSA) is 52.5 Å². The Kier molecular flexibility index (Phi) is 4.53. The van der Waals surface area contributed by atoms with E-state index < -0.39 is 18.3 Å². The van der Waals surface area contributed by atoms with Crippen molar-refractivity contribution in [1.82, 2.24) is 4.57 Å². The zero-order chi connectivity index (χ0) is 19.3. The lowest BCUT2D eigenvalue weighted by Crippen LogP contribution is -2.44. The maximum absolute atomic E-state index is 13.0. The van der Waals surface area contributed by atoms with Crippen molar-refractivity contribution in [1.29, 1.82) is 0 Å². The lowest BCUT2D eigenvalue weighted by molar-refractivity contribution is 0.00578. The molecule has 1 saturated heterocycles. The van der Waals surface area contributed by atoms with Crippen LogP contribution >= 0.6 is 0 Å². The van der Waals surface area contributed by atoms with E-state index in [9.17, 15) is 4.79 Å². The summed E-state index contributed by atoms with van der Waals surface area (Å²) in [5.41, 5.74) is 3.56. The second-order valence-electron chi connectivity index (χ2n) is 7.94. The van der Waals surface area contributed by atoms with Gasteiger partial charge in [-0.3, -0.25) is 4.57 Å². The van der Waals surface area contributed by atoms with Crippen LogP contribution < -0.4 is 10.9 Å². The van der Waals surface area contributed by atoms with E-state index >= 15 is 0 Å². The van der Waals surface area contributed by atoms with Crippen LogP contribution in [0.3, 0.4) is 0 Å². The van der Waals surface area contributed by atoms with Crippen LogP contribution in [-0.2, 0) is 9.31 Å². The van der Waals surface area contributed by atoms with Gasteiger partial charge in [0.15, 0.2) is 0 Å². The number of rotatable bonds is 2. The molecule has 1 amide bonds. The number of carbonyl (C=O) groups excluding carboxylic acids is 1. The monoisotopic (exact) mass is 354 g/mol. The molecule has 0 radical (unpaired) electrons. The van der Waals surface area contributed by atoms with Crippen molar-refractivity contribution in [3.8, 4) is 0 Å². The number of anilines is 1. The van der Waals surface area contributed by atoms with Crippen LogP contribution in [0.5, 0.6) is 0 Å². The molecule has 0 spiro atoms. The first-order chi connectivity index (χ1) is 12.0. The fraction of sp³-hybridized carbons (Fsp3) is 0.450. The first-order valence-electron chi connectivity index (χ1n) is 8.95. The molecule has 0 atom stereocenters. The first kappa shape index (κ1) is 18.7. The van der Waals surface area contributed by atoms with Gasteiger partial charge in [0.2, 0.25) is 0 Å². The van der Waals surface area contributed by atoms with Crippen molar-refractivity contribution in [2.75, 3.05) is 5.32 Å². The van der Waals surface area contributed by atoms with Crippen LogP contribution in [0.1, 0.15) is 44.5 Å². The number of nitrogens with zero attached hydrogens (tertiary/aromatic N) is 1. The van der Waals surface area contributed by atoms with E-state index in [1.54, 1.807) is 4.57 Å². The van der Waals surface area contributed by atoms with Gasteiger partial charge in [-0.2, -0.15) is 0 Å². The van der Waals surface area contributed by atoms with Gasteiger partial charge in [-0.25, -0.2) is 4.79 Å². The van der Waals surface area contributed by atoms with Gasteiger partial charge in [-0.1, -0.05) is 18.2 Å². The molecule has 3 rings (SSSR count). The Morgan fingerprint density at radius 3 is 2.04 bits per heavy atom. The average molecular weight is 354 g/mol. The first-order valence-corrected chi connectivity index (χ1v) is 8.95.